The molecule has 0 aliphatic carbocycles. The number of methoxy groups -OCH3 is 1. The maximum absolute atomic E-state index is 12.5. The number of aromatic nitrogens is 1. The molecule has 1 fully saturated rings. The van der Waals surface area contributed by atoms with E-state index in [1.807, 2.05) is 5.38 Å². The second kappa shape index (κ2) is 8.92. The van der Waals surface area contributed by atoms with Crippen LogP contribution in [0.25, 0.3) is 11.3 Å². The van der Waals surface area contributed by atoms with Gasteiger partial charge in [0.2, 0.25) is 5.91 Å². The van der Waals surface area contributed by atoms with Crippen molar-refractivity contribution in [3.8, 4) is 11.3 Å². The minimum atomic E-state index is -0.282. The van der Waals surface area contributed by atoms with Crippen LogP contribution in [0.3, 0.4) is 0 Å². The number of aryl methyl sites for hydroxylation is 1. The van der Waals surface area contributed by atoms with E-state index in [2.05, 4.69) is 36.2 Å². The van der Waals surface area contributed by atoms with Gasteiger partial charge >= 0.3 is 5.97 Å². The van der Waals surface area contributed by atoms with E-state index < -0.39 is 0 Å². The Balaban J connectivity index is 1.55. The number of rotatable bonds is 5. The number of nitrogens with zero attached hydrogens (tertiary/aromatic N) is 2. The van der Waals surface area contributed by atoms with E-state index in [-0.39, 0.29) is 17.1 Å². The van der Waals surface area contributed by atoms with E-state index in [0.29, 0.717) is 18.8 Å². The molecule has 0 spiro atoms. The molecule has 1 amide bonds. The Bertz CT molecular complexity index is 776. The maximum atomic E-state index is 12.5. The van der Waals surface area contributed by atoms with Crippen LogP contribution in [0.5, 0.6) is 0 Å². The first-order valence-corrected chi connectivity index (χ1v) is 11.1. The Morgan fingerprint density at radius 2 is 2.12 bits per heavy atom. The SMILES string of the molecule is COC(=O)[C@@H]1CN(C(=O)CSc2nc(-c3ccc(C)cc3)cs2)CCS1. The van der Waals surface area contributed by atoms with E-state index >= 15 is 0 Å². The van der Waals surface area contributed by atoms with Gasteiger partial charge in [0, 0.05) is 29.8 Å². The molecule has 1 aromatic heterocycles. The Morgan fingerprint density at radius 3 is 2.85 bits per heavy atom. The number of ether oxygens (including phenoxy) is 1. The maximum Gasteiger partial charge on any atom is 0.320 e. The first kappa shape index (κ1) is 19.3. The van der Waals surface area contributed by atoms with E-state index in [4.69, 9.17) is 4.74 Å². The predicted octanol–water partition coefficient (Wildman–Crippen LogP) is 3.33. The molecule has 1 atom stereocenters. The summed E-state index contributed by atoms with van der Waals surface area (Å²) in [5.74, 6) is 0.865. The summed E-state index contributed by atoms with van der Waals surface area (Å²) >= 11 is 4.55. The largest absolute Gasteiger partial charge is 0.468 e. The number of thioether (sulfide) groups is 2. The number of thiazole rings is 1. The van der Waals surface area contributed by atoms with Crippen molar-refractivity contribution >= 4 is 46.7 Å². The highest BCUT2D eigenvalue weighted by atomic mass is 32.2. The fourth-order valence-electron chi connectivity index (χ4n) is 2.55. The van der Waals surface area contributed by atoms with Gasteiger partial charge in [0.25, 0.3) is 0 Å². The van der Waals surface area contributed by atoms with Crippen molar-refractivity contribution in [3.05, 3.63) is 35.2 Å². The number of hydrogen-bond acceptors (Lipinski definition) is 7. The second-order valence-corrected chi connectivity index (χ2v) is 9.27. The molecule has 5 nitrogen and oxygen atoms in total. The van der Waals surface area contributed by atoms with Gasteiger partial charge in [0.1, 0.15) is 5.25 Å². The summed E-state index contributed by atoms with van der Waals surface area (Å²) in [4.78, 5) is 30.5. The van der Waals surface area contributed by atoms with Crippen LogP contribution >= 0.6 is 34.9 Å². The zero-order valence-corrected chi connectivity index (χ0v) is 17.1. The molecule has 0 bridgehead atoms. The summed E-state index contributed by atoms with van der Waals surface area (Å²) in [5, 5.41) is 1.73. The lowest BCUT2D eigenvalue weighted by Crippen LogP contribution is -2.45. The molecule has 0 unspecified atom stereocenters. The van der Waals surface area contributed by atoms with Crippen LogP contribution in [0.15, 0.2) is 34.0 Å². The number of esters is 1. The lowest BCUT2D eigenvalue weighted by atomic mass is 10.1. The van der Waals surface area contributed by atoms with Crippen molar-refractivity contribution in [1.29, 1.82) is 0 Å². The quantitative estimate of drug-likeness (QED) is 0.559. The minimum Gasteiger partial charge on any atom is -0.468 e. The van der Waals surface area contributed by atoms with E-state index in [1.54, 1.807) is 28.0 Å². The highest BCUT2D eigenvalue weighted by Gasteiger charge is 2.29. The number of carbonyl (C=O) groups is 2. The molecule has 2 heterocycles. The molecule has 3 rings (SSSR count). The Labute approximate surface area is 165 Å². The van der Waals surface area contributed by atoms with Crippen molar-refractivity contribution in [2.24, 2.45) is 0 Å². The van der Waals surface area contributed by atoms with Gasteiger partial charge in [-0.05, 0) is 6.92 Å². The number of amides is 1. The summed E-state index contributed by atoms with van der Waals surface area (Å²) in [7, 11) is 1.38. The topological polar surface area (TPSA) is 59.5 Å². The fraction of sp³-hybridized carbons (Fsp3) is 0.389. The average Bonchev–Trinajstić information content (AvgIpc) is 3.15. The zero-order chi connectivity index (χ0) is 18.5. The van der Waals surface area contributed by atoms with Crippen LogP contribution in [0.2, 0.25) is 0 Å². The summed E-state index contributed by atoms with van der Waals surface area (Å²) in [6.45, 7) is 3.15. The van der Waals surface area contributed by atoms with Crippen LogP contribution in [0.1, 0.15) is 5.56 Å². The molecule has 0 radical (unpaired) electrons. The van der Waals surface area contributed by atoms with Gasteiger partial charge in [-0.15, -0.1) is 23.1 Å². The molecule has 1 saturated heterocycles. The standard InChI is InChI=1S/C18H20N2O3S3/c1-12-3-5-13(6-4-12)14-10-25-18(19-14)26-11-16(21)20-7-8-24-15(9-20)17(22)23-2/h3-6,10,15H,7-9,11H2,1-2H3/t15-/m0/s1. The number of hydrogen-bond donors (Lipinski definition) is 0. The summed E-state index contributed by atoms with van der Waals surface area (Å²) in [5.41, 5.74) is 3.23. The molecule has 1 aromatic carbocycles. The van der Waals surface area contributed by atoms with Crippen LogP contribution in [-0.2, 0) is 14.3 Å². The summed E-state index contributed by atoms with van der Waals surface area (Å²) in [6, 6.07) is 8.25. The first-order chi connectivity index (χ1) is 12.6. The van der Waals surface area contributed by atoms with Crippen LogP contribution in [0, 0.1) is 6.92 Å². The summed E-state index contributed by atoms with van der Waals surface area (Å²) in [6.07, 6.45) is 0. The Morgan fingerprint density at radius 1 is 1.35 bits per heavy atom. The van der Waals surface area contributed by atoms with Gasteiger partial charge in [0.05, 0.1) is 18.6 Å². The molecule has 2 aromatic rings. The zero-order valence-electron chi connectivity index (χ0n) is 14.6. The van der Waals surface area contributed by atoms with Gasteiger partial charge in [-0.2, -0.15) is 0 Å². The first-order valence-electron chi connectivity index (χ1n) is 8.19. The minimum absolute atomic E-state index is 0.0382. The van der Waals surface area contributed by atoms with Gasteiger partial charge in [-0.1, -0.05) is 41.6 Å². The van der Waals surface area contributed by atoms with Crippen molar-refractivity contribution < 1.29 is 14.3 Å². The molecule has 26 heavy (non-hydrogen) atoms. The monoisotopic (exact) mass is 408 g/mol. The fourth-order valence-corrected chi connectivity index (χ4v) is 5.41. The van der Waals surface area contributed by atoms with Gasteiger partial charge in [-0.25, -0.2) is 4.98 Å². The van der Waals surface area contributed by atoms with E-state index in [0.717, 1.165) is 21.3 Å². The average molecular weight is 409 g/mol. The predicted molar refractivity (Wildman–Crippen MR) is 108 cm³/mol. The molecule has 8 heteroatoms. The van der Waals surface area contributed by atoms with Gasteiger partial charge in [0.15, 0.2) is 4.34 Å². The van der Waals surface area contributed by atoms with Crippen molar-refractivity contribution in [2.45, 2.75) is 16.5 Å². The van der Waals surface area contributed by atoms with Crippen molar-refractivity contribution in [2.75, 3.05) is 31.7 Å². The Hall–Kier alpha value is -1.51. The third kappa shape index (κ3) is 4.81. The highest BCUT2D eigenvalue weighted by molar-refractivity contribution is 8.01. The molecular formula is C18H20N2O3S3. The molecule has 0 N–H and O–H groups in total. The van der Waals surface area contributed by atoms with Crippen LogP contribution < -0.4 is 0 Å². The molecular weight excluding hydrogens is 388 g/mol. The van der Waals surface area contributed by atoms with E-state index in [9.17, 15) is 9.59 Å². The third-order valence-electron chi connectivity index (χ3n) is 4.03. The smallest absolute Gasteiger partial charge is 0.320 e. The lowest BCUT2D eigenvalue weighted by Gasteiger charge is -2.30. The molecule has 0 saturated carbocycles. The Kier molecular flexibility index (Phi) is 6.61. The number of carbonyl (C=O) groups excluding carboxylic acids is 2. The highest BCUT2D eigenvalue weighted by Crippen LogP contribution is 2.29. The van der Waals surface area contributed by atoms with E-state index in [1.165, 1.54) is 24.4 Å². The lowest BCUT2D eigenvalue weighted by molar-refractivity contribution is -0.141. The number of benzene rings is 1. The molecule has 1 aliphatic heterocycles. The summed E-state index contributed by atoms with van der Waals surface area (Å²) < 4.78 is 5.67. The van der Waals surface area contributed by atoms with Crippen molar-refractivity contribution in [1.82, 2.24) is 9.88 Å². The van der Waals surface area contributed by atoms with Crippen molar-refractivity contribution in [3.63, 3.8) is 0 Å². The molecule has 138 valence electrons. The third-order valence-corrected chi connectivity index (χ3v) is 7.20. The van der Waals surface area contributed by atoms with Gasteiger partial charge in [-0.3, -0.25) is 9.59 Å². The van der Waals surface area contributed by atoms with Crippen LogP contribution in [0.4, 0.5) is 0 Å². The molecule has 1 aliphatic rings. The van der Waals surface area contributed by atoms with Crippen LogP contribution in [-0.4, -0.2) is 58.7 Å². The normalized spacial score (nSPS) is 17.2. The van der Waals surface area contributed by atoms with Gasteiger partial charge < -0.3 is 9.64 Å². The second-order valence-electron chi connectivity index (χ2n) is 5.88.